The van der Waals surface area contributed by atoms with E-state index in [0.29, 0.717) is 0 Å². The summed E-state index contributed by atoms with van der Waals surface area (Å²) in [4.78, 5) is 7.82. The van der Waals surface area contributed by atoms with Gasteiger partial charge in [0.05, 0.1) is 0 Å². The quantitative estimate of drug-likeness (QED) is 0.284. The van der Waals surface area contributed by atoms with Crippen molar-refractivity contribution in [2.75, 3.05) is 118 Å². The van der Waals surface area contributed by atoms with Crippen LogP contribution in [0.5, 0.6) is 0 Å². The van der Waals surface area contributed by atoms with Gasteiger partial charge in [-0.05, 0) is 16.7 Å². The average molecular weight is 502 g/mol. The Hall–Kier alpha value is -1.14. The summed E-state index contributed by atoms with van der Waals surface area (Å²) < 4.78 is 0. The largest absolute Gasteiger partial charge is 0.314 e. The molecule has 9 heteroatoms. The number of hydrogen-bond acceptors (Lipinski definition) is 9. The molecule has 4 rings (SSSR count). The first-order chi connectivity index (χ1) is 17.8. The van der Waals surface area contributed by atoms with Crippen molar-refractivity contribution in [1.82, 2.24) is 46.6 Å². The highest BCUT2D eigenvalue weighted by Crippen LogP contribution is 2.17. The number of nitrogens with one attached hydrogen (secondary N) is 6. The van der Waals surface area contributed by atoms with Gasteiger partial charge in [-0.15, -0.1) is 0 Å². The van der Waals surface area contributed by atoms with Crippen LogP contribution in [0.4, 0.5) is 0 Å². The predicted octanol–water partition coefficient (Wildman–Crippen LogP) is -1.33. The smallest absolute Gasteiger partial charge is 0.0235 e. The Labute approximate surface area is 219 Å². The van der Waals surface area contributed by atoms with E-state index in [4.69, 9.17) is 0 Å². The lowest BCUT2D eigenvalue weighted by Gasteiger charge is -2.26. The lowest BCUT2D eigenvalue weighted by molar-refractivity contribution is 0.264. The molecule has 1 aromatic rings. The minimum atomic E-state index is 1.02. The summed E-state index contributed by atoms with van der Waals surface area (Å²) in [5, 5.41) is 21.4. The van der Waals surface area contributed by atoms with Crippen LogP contribution in [0.15, 0.2) is 18.2 Å². The zero-order valence-electron chi connectivity index (χ0n) is 22.4. The normalized spacial score (nSPS) is 23.7. The van der Waals surface area contributed by atoms with Crippen LogP contribution in [0.2, 0.25) is 0 Å². The molecule has 0 atom stereocenters. The van der Waals surface area contributed by atoms with E-state index >= 15 is 0 Å². The van der Waals surface area contributed by atoms with E-state index in [0.717, 1.165) is 137 Å². The molecule has 3 fully saturated rings. The van der Waals surface area contributed by atoms with Gasteiger partial charge in [-0.25, -0.2) is 0 Å². The summed E-state index contributed by atoms with van der Waals surface area (Å²) >= 11 is 0. The monoisotopic (exact) mass is 501 g/mol. The van der Waals surface area contributed by atoms with E-state index in [1.54, 1.807) is 0 Å². The molecule has 3 heterocycles. The Morgan fingerprint density at radius 1 is 0.361 bits per heavy atom. The van der Waals surface area contributed by atoms with Crippen LogP contribution in [0.3, 0.4) is 0 Å². The van der Waals surface area contributed by atoms with Crippen molar-refractivity contribution in [3.63, 3.8) is 0 Å². The minimum Gasteiger partial charge on any atom is -0.314 e. The molecule has 0 radical (unpaired) electrons. The first-order valence-corrected chi connectivity index (χ1v) is 14.4. The molecule has 0 aliphatic carbocycles. The molecule has 9 nitrogen and oxygen atoms in total. The fourth-order valence-corrected chi connectivity index (χ4v) is 5.40. The van der Waals surface area contributed by atoms with Crippen LogP contribution in [0.1, 0.15) is 16.7 Å². The van der Waals surface area contributed by atoms with Crippen LogP contribution < -0.4 is 31.9 Å². The third-order valence-electron chi connectivity index (χ3n) is 7.40. The van der Waals surface area contributed by atoms with E-state index in [1.807, 2.05) is 0 Å². The lowest BCUT2D eigenvalue weighted by Crippen LogP contribution is -2.35. The predicted molar refractivity (Wildman–Crippen MR) is 149 cm³/mol. The Kier molecular flexibility index (Phi) is 12.9. The van der Waals surface area contributed by atoms with Crippen molar-refractivity contribution < 1.29 is 0 Å². The second-order valence-corrected chi connectivity index (χ2v) is 10.5. The van der Waals surface area contributed by atoms with E-state index in [-0.39, 0.29) is 0 Å². The molecule has 0 amide bonds. The first kappa shape index (κ1) is 27.9. The minimum absolute atomic E-state index is 1.02. The Bertz CT molecular complexity index is 594. The molecule has 3 aliphatic rings. The van der Waals surface area contributed by atoms with E-state index in [2.05, 4.69) is 64.8 Å². The SMILES string of the molecule is c1c(CN2CCNCCNCC2)cc(CN2CCNCCNCC2)cc1CN1CCNCCNCC1. The van der Waals surface area contributed by atoms with Gasteiger partial charge in [0.25, 0.3) is 0 Å². The summed E-state index contributed by atoms with van der Waals surface area (Å²) in [5.41, 5.74) is 4.38. The standard InChI is InChI=1S/C27H51N9/c1-2-29-8-14-34(13-7-28-1)22-25-19-26(23-35-15-9-30-3-4-31-10-16-35)21-27(20-25)24-36-17-11-32-5-6-33-12-18-36/h19-21,28-33H,1-18,22-24H2. The molecule has 0 unspecified atom stereocenters. The van der Waals surface area contributed by atoms with Gasteiger partial charge in [0.2, 0.25) is 0 Å². The zero-order chi connectivity index (χ0) is 24.7. The molecule has 3 saturated heterocycles. The molecule has 0 saturated carbocycles. The molecule has 0 bridgehead atoms. The Morgan fingerprint density at radius 3 is 0.806 bits per heavy atom. The van der Waals surface area contributed by atoms with Gasteiger partial charge >= 0.3 is 0 Å². The molecular formula is C27H51N9. The topological polar surface area (TPSA) is 81.9 Å². The molecule has 36 heavy (non-hydrogen) atoms. The number of hydrogen-bond donors (Lipinski definition) is 6. The fraction of sp³-hybridized carbons (Fsp3) is 0.778. The summed E-state index contributed by atoms with van der Waals surface area (Å²) in [6.45, 7) is 22.5. The van der Waals surface area contributed by atoms with Crippen molar-refractivity contribution >= 4 is 0 Å². The summed E-state index contributed by atoms with van der Waals surface area (Å²) in [6, 6.07) is 7.43. The molecule has 0 spiro atoms. The summed E-state index contributed by atoms with van der Waals surface area (Å²) in [7, 11) is 0. The van der Waals surface area contributed by atoms with Crippen molar-refractivity contribution in [3.8, 4) is 0 Å². The van der Waals surface area contributed by atoms with Crippen LogP contribution >= 0.6 is 0 Å². The Morgan fingerprint density at radius 2 is 0.583 bits per heavy atom. The van der Waals surface area contributed by atoms with Gasteiger partial charge in [0.1, 0.15) is 0 Å². The second kappa shape index (κ2) is 16.7. The number of nitrogens with zero attached hydrogens (tertiary/aromatic N) is 3. The van der Waals surface area contributed by atoms with Crippen LogP contribution in [0.25, 0.3) is 0 Å². The molecule has 0 aromatic heterocycles. The summed E-state index contributed by atoms with van der Waals surface area (Å²) in [5.74, 6) is 0. The average Bonchev–Trinajstić information content (AvgIpc) is 3.15. The molecule has 3 aliphatic heterocycles. The first-order valence-electron chi connectivity index (χ1n) is 14.4. The van der Waals surface area contributed by atoms with E-state index in [1.165, 1.54) is 16.7 Å². The van der Waals surface area contributed by atoms with Crippen molar-refractivity contribution in [2.45, 2.75) is 19.6 Å². The third kappa shape index (κ3) is 10.7. The maximum absolute atomic E-state index is 3.57. The van der Waals surface area contributed by atoms with Crippen molar-refractivity contribution in [1.29, 1.82) is 0 Å². The van der Waals surface area contributed by atoms with Gasteiger partial charge in [-0.3, -0.25) is 14.7 Å². The molecule has 204 valence electrons. The van der Waals surface area contributed by atoms with Gasteiger partial charge in [0.15, 0.2) is 0 Å². The highest BCUT2D eigenvalue weighted by molar-refractivity contribution is 5.30. The van der Waals surface area contributed by atoms with Gasteiger partial charge in [-0.1, -0.05) is 18.2 Å². The maximum atomic E-state index is 3.57. The van der Waals surface area contributed by atoms with Crippen molar-refractivity contribution in [2.24, 2.45) is 0 Å². The molecule has 1 aromatic carbocycles. The van der Waals surface area contributed by atoms with Crippen molar-refractivity contribution in [3.05, 3.63) is 34.9 Å². The lowest BCUT2D eigenvalue weighted by atomic mass is 10.0. The van der Waals surface area contributed by atoms with Gasteiger partial charge in [-0.2, -0.15) is 0 Å². The number of benzene rings is 1. The highest BCUT2D eigenvalue weighted by Gasteiger charge is 2.14. The third-order valence-corrected chi connectivity index (χ3v) is 7.40. The maximum Gasteiger partial charge on any atom is 0.0235 e. The van der Waals surface area contributed by atoms with E-state index < -0.39 is 0 Å². The summed E-state index contributed by atoms with van der Waals surface area (Å²) in [6.07, 6.45) is 0. The van der Waals surface area contributed by atoms with Crippen LogP contribution in [0, 0.1) is 0 Å². The molecule has 6 N–H and O–H groups in total. The van der Waals surface area contributed by atoms with Gasteiger partial charge in [0, 0.05) is 137 Å². The van der Waals surface area contributed by atoms with Crippen LogP contribution in [-0.2, 0) is 19.6 Å². The Balaban J connectivity index is 1.47. The van der Waals surface area contributed by atoms with E-state index in [9.17, 15) is 0 Å². The van der Waals surface area contributed by atoms with Gasteiger partial charge < -0.3 is 31.9 Å². The fourth-order valence-electron chi connectivity index (χ4n) is 5.40. The highest BCUT2D eigenvalue weighted by atomic mass is 15.2. The van der Waals surface area contributed by atoms with Crippen LogP contribution in [-0.4, -0.2) is 133 Å². The molecular weight excluding hydrogens is 450 g/mol. The second-order valence-electron chi connectivity index (χ2n) is 10.5. The number of rotatable bonds is 6. The zero-order valence-corrected chi connectivity index (χ0v) is 22.4.